The van der Waals surface area contributed by atoms with Crippen LogP contribution in [0, 0.1) is 5.92 Å². The molecule has 3 heterocycles. The van der Waals surface area contributed by atoms with Gasteiger partial charge in [0.2, 0.25) is 5.91 Å². The van der Waals surface area contributed by atoms with Crippen LogP contribution in [0.15, 0.2) is 79.0 Å². The number of para-hydroxylation sites is 1. The number of nitrogens with zero attached hydrogens (tertiary/aromatic N) is 2. The highest BCUT2D eigenvalue weighted by Gasteiger charge is 2.44. The molecule has 0 saturated carbocycles. The van der Waals surface area contributed by atoms with Gasteiger partial charge in [0.1, 0.15) is 6.04 Å². The molecule has 6 heteroatoms. The van der Waals surface area contributed by atoms with Crippen molar-refractivity contribution in [1.82, 2.24) is 9.88 Å². The van der Waals surface area contributed by atoms with Gasteiger partial charge in [-0.2, -0.15) is 0 Å². The van der Waals surface area contributed by atoms with Crippen molar-refractivity contribution in [2.45, 2.75) is 45.2 Å². The van der Waals surface area contributed by atoms with Crippen molar-refractivity contribution in [2.24, 2.45) is 5.92 Å². The molecule has 1 aromatic heterocycles. The van der Waals surface area contributed by atoms with Gasteiger partial charge in [0.25, 0.3) is 5.91 Å². The maximum Gasteiger partial charge on any atom is 0.255 e. The van der Waals surface area contributed by atoms with Crippen LogP contribution in [0.5, 0.6) is 0 Å². The molecule has 0 bridgehead atoms. The van der Waals surface area contributed by atoms with E-state index in [4.69, 9.17) is 0 Å². The van der Waals surface area contributed by atoms with Gasteiger partial charge in [-0.15, -0.1) is 0 Å². The van der Waals surface area contributed by atoms with Crippen LogP contribution in [-0.2, 0) is 4.79 Å². The maximum absolute atomic E-state index is 13.9. The Bertz CT molecular complexity index is 1470. The number of anilines is 2. The smallest absolute Gasteiger partial charge is 0.255 e. The zero-order valence-corrected chi connectivity index (χ0v) is 22.0. The van der Waals surface area contributed by atoms with Crippen molar-refractivity contribution < 1.29 is 9.59 Å². The van der Waals surface area contributed by atoms with E-state index in [9.17, 15) is 9.59 Å². The van der Waals surface area contributed by atoms with Gasteiger partial charge >= 0.3 is 0 Å². The lowest BCUT2D eigenvalue weighted by molar-refractivity contribution is -0.121. The molecule has 38 heavy (non-hydrogen) atoms. The van der Waals surface area contributed by atoms with E-state index < -0.39 is 6.04 Å². The van der Waals surface area contributed by atoms with Crippen LogP contribution < -0.4 is 10.2 Å². The lowest BCUT2D eigenvalue weighted by Crippen LogP contribution is -2.47. The monoisotopic (exact) mass is 506 g/mol. The Morgan fingerprint density at radius 2 is 1.66 bits per heavy atom. The Morgan fingerprint density at radius 3 is 2.42 bits per heavy atom. The van der Waals surface area contributed by atoms with Crippen molar-refractivity contribution in [3.05, 3.63) is 95.7 Å². The third-order valence-corrected chi connectivity index (χ3v) is 7.85. The standard InChI is InChI=1S/C32H34N4O2/c1-21(2)19-29(31(37)34-22-13-15-23(16-14-22)35-17-7-8-18-35)36-30(25-10-3-4-11-26(25)32(36)38)27-20-33-28-12-6-5-9-24(27)28/h3-6,9-16,20-21,29-30,33H,7-8,17-19H2,1-2H3,(H,34,37). The number of nitrogens with one attached hydrogen (secondary N) is 2. The summed E-state index contributed by atoms with van der Waals surface area (Å²) in [4.78, 5) is 35.4. The summed E-state index contributed by atoms with van der Waals surface area (Å²) < 4.78 is 0. The SMILES string of the molecule is CC(C)CC(C(=O)Nc1ccc(N2CCCC2)cc1)N1C(=O)c2ccccc2C1c1c[nH]c2ccccc12. The molecular formula is C32H34N4O2. The first kappa shape index (κ1) is 24.3. The number of amides is 2. The first-order valence-corrected chi connectivity index (χ1v) is 13.6. The molecule has 2 unspecified atom stereocenters. The van der Waals surface area contributed by atoms with E-state index in [-0.39, 0.29) is 23.8 Å². The molecule has 1 saturated heterocycles. The Kier molecular flexibility index (Phi) is 6.40. The fraction of sp³-hybridized carbons (Fsp3) is 0.312. The van der Waals surface area contributed by atoms with Crippen LogP contribution in [0.1, 0.15) is 60.6 Å². The lowest BCUT2D eigenvalue weighted by Gasteiger charge is -2.34. The Hall–Kier alpha value is -4.06. The number of aromatic nitrogens is 1. The van der Waals surface area contributed by atoms with Crippen molar-refractivity contribution >= 4 is 34.1 Å². The number of hydrogen-bond acceptors (Lipinski definition) is 3. The summed E-state index contributed by atoms with van der Waals surface area (Å²) in [7, 11) is 0. The van der Waals surface area contributed by atoms with Crippen molar-refractivity contribution in [1.29, 1.82) is 0 Å². The van der Waals surface area contributed by atoms with Gasteiger partial charge in [-0.05, 0) is 67.1 Å². The number of carbonyl (C=O) groups is 2. The second-order valence-corrected chi connectivity index (χ2v) is 10.9. The van der Waals surface area contributed by atoms with Gasteiger partial charge in [-0.25, -0.2) is 0 Å². The van der Waals surface area contributed by atoms with Crippen LogP contribution in [0.25, 0.3) is 10.9 Å². The summed E-state index contributed by atoms with van der Waals surface area (Å²) >= 11 is 0. The molecule has 2 aliphatic rings. The van der Waals surface area contributed by atoms with Gasteiger partial charge in [-0.3, -0.25) is 9.59 Å². The minimum atomic E-state index is -0.619. The predicted octanol–water partition coefficient (Wildman–Crippen LogP) is 6.37. The highest BCUT2D eigenvalue weighted by Crippen LogP contribution is 2.43. The second kappa shape index (κ2) is 10.0. The van der Waals surface area contributed by atoms with E-state index >= 15 is 0 Å². The van der Waals surface area contributed by atoms with Crippen LogP contribution in [-0.4, -0.2) is 40.8 Å². The van der Waals surface area contributed by atoms with E-state index in [0.29, 0.717) is 12.0 Å². The summed E-state index contributed by atoms with van der Waals surface area (Å²) in [5.74, 6) is -0.0249. The van der Waals surface area contributed by atoms with Crippen LogP contribution in [0.4, 0.5) is 11.4 Å². The number of fused-ring (bicyclic) bond motifs is 2. The van der Waals surface area contributed by atoms with Crippen LogP contribution in [0.3, 0.4) is 0 Å². The highest BCUT2D eigenvalue weighted by molar-refractivity contribution is 6.05. The summed E-state index contributed by atoms with van der Waals surface area (Å²) in [5.41, 5.74) is 5.57. The molecule has 2 amide bonds. The molecule has 6 nitrogen and oxygen atoms in total. The molecule has 3 aromatic carbocycles. The fourth-order valence-electron chi connectivity index (χ4n) is 6.05. The van der Waals surface area contributed by atoms with Gasteiger partial charge in [-0.1, -0.05) is 50.2 Å². The minimum Gasteiger partial charge on any atom is -0.372 e. The normalized spacial score (nSPS) is 17.9. The van der Waals surface area contributed by atoms with Gasteiger partial charge < -0.3 is 20.1 Å². The lowest BCUT2D eigenvalue weighted by atomic mass is 9.95. The Labute approximate surface area is 223 Å². The van der Waals surface area contributed by atoms with Crippen LogP contribution >= 0.6 is 0 Å². The van der Waals surface area contributed by atoms with Crippen LogP contribution in [0.2, 0.25) is 0 Å². The number of carbonyl (C=O) groups excluding carboxylic acids is 2. The van der Waals surface area contributed by atoms with E-state index in [2.05, 4.69) is 47.2 Å². The quantitative estimate of drug-likeness (QED) is 0.306. The third kappa shape index (κ3) is 4.34. The average Bonchev–Trinajstić information content (AvgIpc) is 3.66. The minimum absolute atomic E-state index is 0.0962. The van der Waals surface area contributed by atoms with E-state index in [1.54, 1.807) is 0 Å². The Morgan fingerprint density at radius 1 is 0.947 bits per heavy atom. The molecule has 2 N–H and O–H groups in total. The first-order valence-electron chi connectivity index (χ1n) is 13.6. The Balaban J connectivity index is 1.35. The third-order valence-electron chi connectivity index (χ3n) is 7.85. The summed E-state index contributed by atoms with van der Waals surface area (Å²) in [6, 6.07) is 23.0. The summed E-state index contributed by atoms with van der Waals surface area (Å²) in [5, 5.41) is 4.20. The largest absolute Gasteiger partial charge is 0.372 e. The van der Waals surface area contributed by atoms with Crippen molar-refractivity contribution in [2.75, 3.05) is 23.3 Å². The van der Waals surface area contributed by atoms with E-state index in [1.807, 2.05) is 65.7 Å². The number of benzene rings is 3. The molecule has 4 aromatic rings. The van der Waals surface area contributed by atoms with Gasteiger partial charge in [0.15, 0.2) is 0 Å². The molecule has 194 valence electrons. The molecule has 0 aliphatic carbocycles. The fourth-order valence-corrected chi connectivity index (χ4v) is 6.05. The van der Waals surface area contributed by atoms with Crippen molar-refractivity contribution in [3.8, 4) is 0 Å². The first-order chi connectivity index (χ1) is 18.5. The number of rotatable bonds is 7. The topological polar surface area (TPSA) is 68.4 Å². The predicted molar refractivity (Wildman–Crippen MR) is 153 cm³/mol. The van der Waals surface area contributed by atoms with Gasteiger partial charge in [0.05, 0.1) is 6.04 Å². The summed E-state index contributed by atoms with van der Waals surface area (Å²) in [6.07, 6.45) is 4.99. The summed E-state index contributed by atoms with van der Waals surface area (Å²) in [6.45, 7) is 6.35. The second-order valence-electron chi connectivity index (χ2n) is 10.9. The number of H-pyrrole nitrogens is 1. The number of hydrogen-bond donors (Lipinski definition) is 2. The number of aromatic amines is 1. The highest BCUT2D eigenvalue weighted by atomic mass is 16.2. The van der Waals surface area contributed by atoms with Crippen molar-refractivity contribution in [3.63, 3.8) is 0 Å². The molecule has 0 spiro atoms. The molecule has 2 aliphatic heterocycles. The average molecular weight is 507 g/mol. The molecule has 1 fully saturated rings. The zero-order valence-electron chi connectivity index (χ0n) is 22.0. The molecular weight excluding hydrogens is 472 g/mol. The molecule has 6 rings (SSSR count). The maximum atomic E-state index is 13.9. The van der Waals surface area contributed by atoms with E-state index in [0.717, 1.165) is 40.8 Å². The van der Waals surface area contributed by atoms with Gasteiger partial charge in [0, 0.05) is 52.7 Å². The zero-order chi connectivity index (χ0) is 26.2. The molecule has 2 atom stereocenters. The molecule has 0 radical (unpaired) electrons. The van der Waals surface area contributed by atoms with E-state index in [1.165, 1.54) is 18.5 Å².